The van der Waals surface area contributed by atoms with Gasteiger partial charge in [-0.05, 0) is 34.5 Å². The molecule has 0 atom stereocenters. The molecule has 0 radical (unpaired) electrons. The molecule has 0 saturated carbocycles. The Labute approximate surface area is 95.5 Å². The van der Waals surface area contributed by atoms with Crippen LogP contribution in [0.1, 0.15) is 23.7 Å². The zero-order valence-electron chi connectivity index (χ0n) is 8.22. The van der Waals surface area contributed by atoms with Crippen LogP contribution in [0.25, 0.3) is 0 Å². The van der Waals surface area contributed by atoms with Gasteiger partial charge in [0.1, 0.15) is 11.4 Å². The van der Waals surface area contributed by atoms with Crippen molar-refractivity contribution in [3.8, 4) is 0 Å². The Bertz CT molecular complexity index is 382. The first kappa shape index (κ1) is 12.0. The van der Waals surface area contributed by atoms with Crippen LogP contribution >= 0.6 is 15.9 Å². The summed E-state index contributed by atoms with van der Waals surface area (Å²) in [7, 11) is 0. The Morgan fingerprint density at radius 2 is 2.27 bits per heavy atom. The minimum absolute atomic E-state index is 0.0658. The molecule has 82 valence electrons. The minimum atomic E-state index is -0.729. The molecule has 0 bridgehead atoms. The molecule has 1 rings (SSSR count). The summed E-state index contributed by atoms with van der Waals surface area (Å²) in [6.45, 7) is 2.11. The van der Waals surface area contributed by atoms with Gasteiger partial charge < -0.3 is 10.5 Å². The van der Waals surface area contributed by atoms with Gasteiger partial charge in [-0.3, -0.25) is 0 Å². The second-order valence-electron chi connectivity index (χ2n) is 2.95. The lowest BCUT2D eigenvalue weighted by atomic mass is 10.2. The molecule has 0 aromatic heterocycles. The molecule has 1 aromatic rings. The van der Waals surface area contributed by atoms with E-state index in [2.05, 4.69) is 15.9 Å². The van der Waals surface area contributed by atoms with E-state index in [1.54, 1.807) is 0 Å². The number of rotatable bonds is 3. The number of esters is 1. The molecule has 0 spiro atoms. The molecule has 0 fully saturated rings. The highest BCUT2D eigenvalue weighted by Gasteiger charge is 2.18. The Hall–Kier alpha value is -1.10. The van der Waals surface area contributed by atoms with E-state index in [4.69, 9.17) is 10.5 Å². The summed E-state index contributed by atoms with van der Waals surface area (Å²) in [6, 6.07) is 2.62. The lowest BCUT2D eigenvalue weighted by Crippen LogP contribution is -2.11. The summed E-state index contributed by atoms with van der Waals surface area (Å²) < 4.78 is 18.6. The van der Waals surface area contributed by atoms with Crippen LogP contribution in [-0.4, -0.2) is 12.6 Å². The van der Waals surface area contributed by atoms with Gasteiger partial charge in [0, 0.05) is 4.47 Å². The number of ether oxygens (including phenoxy) is 1. The van der Waals surface area contributed by atoms with E-state index in [1.165, 1.54) is 12.1 Å². The lowest BCUT2D eigenvalue weighted by molar-refractivity contribution is 0.0501. The number of hydrogen-bond acceptors (Lipinski definition) is 3. The van der Waals surface area contributed by atoms with Crippen LogP contribution in [0, 0.1) is 5.82 Å². The number of nitrogen functional groups attached to an aromatic ring is 1. The third kappa shape index (κ3) is 2.68. The summed E-state index contributed by atoms with van der Waals surface area (Å²) >= 11 is 3.12. The average Bonchev–Trinajstić information content (AvgIpc) is 2.21. The summed E-state index contributed by atoms with van der Waals surface area (Å²) in [5.41, 5.74) is 5.42. The molecule has 3 nitrogen and oxygen atoms in total. The van der Waals surface area contributed by atoms with E-state index in [0.717, 1.165) is 0 Å². The molecule has 0 aliphatic carbocycles. The molecule has 15 heavy (non-hydrogen) atoms. The molecule has 2 N–H and O–H groups in total. The smallest absolute Gasteiger partial charge is 0.343 e. The normalized spacial score (nSPS) is 10.1. The highest BCUT2D eigenvalue weighted by molar-refractivity contribution is 9.10. The van der Waals surface area contributed by atoms with Crippen LogP contribution < -0.4 is 5.73 Å². The first-order valence-electron chi connectivity index (χ1n) is 4.48. The van der Waals surface area contributed by atoms with Crippen molar-refractivity contribution in [3.63, 3.8) is 0 Å². The molecule has 0 saturated heterocycles. The number of anilines is 1. The number of halogens is 2. The zero-order chi connectivity index (χ0) is 11.4. The lowest BCUT2D eigenvalue weighted by Gasteiger charge is -2.08. The Morgan fingerprint density at radius 1 is 1.60 bits per heavy atom. The number of hydrogen-bond donors (Lipinski definition) is 1. The van der Waals surface area contributed by atoms with Crippen molar-refractivity contribution in [1.82, 2.24) is 0 Å². The third-order valence-electron chi connectivity index (χ3n) is 1.78. The maximum atomic E-state index is 13.3. The maximum absolute atomic E-state index is 13.3. The van der Waals surface area contributed by atoms with Gasteiger partial charge in [-0.1, -0.05) is 6.92 Å². The fraction of sp³-hybridized carbons (Fsp3) is 0.300. The van der Waals surface area contributed by atoms with Crippen molar-refractivity contribution in [3.05, 3.63) is 28.0 Å². The summed E-state index contributed by atoms with van der Waals surface area (Å²) in [5.74, 6) is -1.40. The van der Waals surface area contributed by atoms with E-state index in [-0.39, 0.29) is 17.9 Å². The van der Waals surface area contributed by atoms with Crippen molar-refractivity contribution >= 4 is 27.6 Å². The van der Waals surface area contributed by atoms with Gasteiger partial charge in [0.2, 0.25) is 0 Å². The largest absolute Gasteiger partial charge is 0.462 e. The zero-order valence-corrected chi connectivity index (χ0v) is 9.80. The van der Waals surface area contributed by atoms with Gasteiger partial charge >= 0.3 is 5.97 Å². The van der Waals surface area contributed by atoms with Crippen LogP contribution in [0.5, 0.6) is 0 Å². The van der Waals surface area contributed by atoms with Crippen LogP contribution in [0.15, 0.2) is 16.6 Å². The van der Waals surface area contributed by atoms with Crippen molar-refractivity contribution in [2.24, 2.45) is 0 Å². The molecule has 0 heterocycles. The first-order chi connectivity index (χ1) is 7.07. The number of nitrogens with two attached hydrogens (primary N) is 1. The van der Waals surface area contributed by atoms with E-state index in [9.17, 15) is 9.18 Å². The molecule has 1 aromatic carbocycles. The summed E-state index contributed by atoms with van der Waals surface area (Å²) in [4.78, 5) is 11.4. The maximum Gasteiger partial charge on any atom is 0.343 e. The van der Waals surface area contributed by atoms with Crippen molar-refractivity contribution in [2.45, 2.75) is 13.3 Å². The third-order valence-corrected chi connectivity index (χ3v) is 2.47. The fourth-order valence-corrected chi connectivity index (χ4v) is 1.37. The van der Waals surface area contributed by atoms with Crippen LogP contribution in [0.2, 0.25) is 0 Å². The van der Waals surface area contributed by atoms with Gasteiger partial charge in [-0.2, -0.15) is 0 Å². The van der Waals surface area contributed by atoms with E-state index < -0.39 is 11.8 Å². The molecular weight excluding hydrogens is 265 g/mol. The number of carbonyl (C=O) groups excluding carboxylic acids is 1. The standard InChI is InChI=1S/C10H11BrFNO2/c1-2-5-15-10(14)8-7(12)4-3-6(11)9(8)13/h3-4H,2,5,13H2,1H3. The summed E-state index contributed by atoms with van der Waals surface area (Å²) in [6.07, 6.45) is 0.682. The Morgan fingerprint density at radius 3 is 2.87 bits per heavy atom. The molecule has 5 heteroatoms. The quantitative estimate of drug-likeness (QED) is 0.682. The van der Waals surface area contributed by atoms with Crippen molar-refractivity contribution in [2.75, 3.05) is 12.3 Å². The second kappa shape index (κ2) is 5.11. The molecular formula is C10H11BrFNO2. The van der Waals surface area contributed by atoms with Gasteiger partial charge in [-0.15, -0.1) is 0 Å². The Balaban J connectivity index is 3.02. The van der Waals surface area contributed by atoms with Gasteiger partial charge in [0.15, 0.2) is 0 Å². The predicted octanol–water partition coefficient (Wildman–Crippen LogP) is 2.74. The molecule has 0 amide bonds. The van der Waals surface area contributed by atoms with Gasteiger partial charge in [0.25, 0.3) is 0 Å². The van der Waals surface area contributed by atoms with Crippen LogP contribution in [0.3, 0.4) is 0 Å². The molecule has 0 aliphatic rings. The topological polar surface area (TPSA) is 52.3 Å². The van der Waals surface area contributed by atoms with Gasteiger partial charge in [-0.25, -0.2) is 9.18 Å². The highest BCUT2D eigenvalue weighted by Crippen LogP contribution is 2.26. The van der Waals surface area contributed by atoms with E-state index in [1.807, 2.05) is 6.92 Å². The van der Waals surface area contributed by atoms with Crippen LogP contribution in [0.4, 0.5) is 10.1 Å². The fourth-order valence-electron chi connectivity index (χ4n) is 1.04. The van der Waals surface area contributed by atoms with Crippen molar-refractivity contribution in [1.29, 1.82) is 0 Å². The van der Waals surface area contributed by atoms with Crippen LogP contribution in [-0.2, 0) is 4.74 Å². The molecule has 0 aliphatic heterocycles. The average molecular weight is 276 g/mol. The first-order valence-corrected chi connectivity index (χ1v) is 5.27. The minimum Gasteiger partial charge on any atom is -0.462 e. The number of carbonyl (C=O) groups is 1. The van der Waals surface area contributed by atoms with Gasteiger partial charge in [0.05, 0.1) is 12.3 Å². The van der Waals surface area contributed by atoms with Crippen molar-refractivity contribution < 1.29 is 13.9 Å². The van der Waals surface area contributed by atoms with E-state index in [0.29, 0.717) is 10.9 Å². The predicted molar refractivity (Wildman–Crippen MR) is 59.1 cm³/mol. The monoisotopic (exact) mass is 275 g/mol. The summed E-state index contributed by atoms with van der Waals surface area (Å²) in [5, 5.41) is 0. The number of benzene rings is 1. The highest BCUT2D eigenvalue weighted by atomic mass is 79.9. The van der Waals surface area contributed by atoms with E-state index >= 15 is 0 Å². The second-order valence-corrected chi connectivity index (χ2v) is 3.81. The SMILES string of the molecule is CCCOC(=O)c1c(F)ccc(Br)c1N. The molecule has 0 unspecified atom stereocenters. The Kier molecular flexibility index (Phi) is 4.08.